The van der Waals surface area contributed by atoms with E-state index in [1.807, 2.05) is 0 Å². The molecule has 1 aliphatic heterocycles. The Bertz CT molecular complexity index is 770. The summed E-state index contributed by atoms with van der Waals surface area (Å²) in [6, 6.07) is 6.94. The van der Waals surface area contributed by atoms with Gasteiger partial charge < -0.3 is 14.6 Å². The van der Waals surface area contributed by atoms with Crippen LogP contribution in [-0.2, 0) is 16.0 Å². The fourth-order valence-electron chi connectivity index (χ4n) is 2.46. The van der Waals surface area contributed by atoms with Crippen molar-refractivity contribution in [3.8, 4) is 11.4 Å². The van der Waals surface area contributed by atoms with Gasteiger partial charge in [0.15, 0.2) is 5.82 Å². The van der Waals surface area contributed by atoms with Crippen LogP contribution in [0.1, 0.15) is 12.1 Å². The van der Waals surface area contributed by atoms with Crippen LogP contribution in [-0.4, -0.2) is 52.3 Å². The Morgan fingerprint density at radius 1 is 1.21 bits per heavy atom. The highest BCUT2D eigenvalue weighted by Crippen LogP contribution is 2.16. The Labute approximate surface area is 143 Å². The van der Waals surface area contributed by atoms with Crippen LogP contribution in [0, 0.1) is 0 Å². The number of carbonyl (C=O) groups is 1. The Morgan fingerprint density at radius 3 is 2.58 bits per heavy atom. The van der Waals surface area contributed by atoms with Gasteiger partial charge >= 0.3 is 0 Å². The van der Waals surface area contributed by atoms with Crippen LogP contribution in [0.3, 0.4) is 0 Å². The SMILES string of the molecule is O=C(CCc1nnc(-c2ccc(Cl)cc2)[nH]c1=O)N1CCOCC1. The number of aromatic nitrogens is 3. The molecule has 1 amide bonds. The van der Waals surface area contributed by atoms with Crippen LogP contribution >= 0.6 is 11.6 Å². The summed E-state index contributed by atoms with van der Waals surface area (Å²) in [5.74, 6) is 0.376. The van der Waals surface area contributed by atoms with Gasteiger partial charge in [0.2, 0.25) is 5.91 Å². The molecule has 1 aromatic heterocycles. The zero-order valence-electron chi connectivity index (χ0n) is 13.0. The van der Waals surface area contributed by atoms with Gasteiger partial charge in [-0.15, -0.1) is 10.2 Å². The minimum Gasteiger partial charge on any atom is -0.378 e. The Kier molecular flexibility index (Phi) is 5.22. The zero-order valence-corrected chi connectivity index (χ0v) is 13.8. The molecule has 1 saturated heterocycles. The van der Waals surface area contributed by atoms with E-state index in [0.29, 0.717) is 37.2 Å². The number of nitrogens with zero attached hydrogens (tertiary/aromatic N) is 3. The Balaban J connectivity index is 1.65. The first kappa shape index (κ1) is 16.6. The van der Waals surface area contributed by atoms with Crippen molar-refractivity contribution in [3.63, 3.8) is 0 Å². The largest absolute Gasteiger partial charge is 0.378 e. The van der Waals surface area contributed by atoms with E-state index < -0.39 is 0 Å². The summed E-state index contributed by atoms with van der Waals surface area (Å²) in [5, 5.41) is 8.61. The topological polar surface area (TPSA) is 88.2 Å². The number of aryl methyl sites for hydroxylation is 1. The van der Waals surface area contributed by atoms with Gasteiger partial charge in [0.25, 0.3) is 5.56 Å². The number of rotatable bonds is 4. The van der Waals surface area contributed by atoms with E-state index in [1.165, 1.54) is 0 Å². The van der Waals surface area contributed by atoms with Crippen molar-refractivity contribution in [3.05, 3.63) is 45.3 Å². The molecular weight excluding hydrogens is 332 g/mol. The van der Waals surface area contributed by atoms with Crippen LogP contribution in [0.2, 0.25) is 5.02 Å². The zero-order chi connectivity index (χ0) is 16.9. The van der Waals surface area contributed by atoms with E-state index >= 15 is 0 Å². The number of aromatic amines is 1. The third-order valence-electron chi connectivity index (χ3n) is 3.82. The molecule has 7 nitrogen and oxygen atoms in total. The van der Waals surface area contributed by atoms with Crippen molar-refractivity contribution in [2.45, 2.75) is 12.8 Å². The van der Waals surface area contributed by atoms with Crippen molar-refractivity contribution in [2.75, 3.05) is 26.3 Å². The molecule has 0 unspecified atom stereocenters. The highest BCUT2D eigenvalue weighted by molar-refractivity contribution is 6.30. The number of benzene rings is 1. The van der Waals surface area contributed by atoms with Gasteiger partial charge in [-0.3, -0.25) is 9.59 Å². The highest BCUT2D eigenvalue weighted by atomic mass is 35.5. The molecule has 0 bridgehead atoms. The maximum absolute atomic E-state index is 12.1. The third-order valence-corrected chi connectivity index (χ3v) is 4.07. The molecule has 0 atom stereocenters. The summed E-state index contributed by atoms with van der Waals surface area (Å²) in [7, 11) is 0. The molecule has 1 N–H and O–H groups in total. The van der Waals surface area contributed by atoms with Crippen LogP contribution in [0.25, 0.3) is 11.4 Å². The van der Waals surface area contributed by atoms with Crippen LogP contribution in [0.5, 0.6) is 0 Å². The van der Waals surface area contributed by atoms with Crippen molar-refractivity contribution in [2.24, 2.45) is 0 Å². The number of nitrogens with one attached hydrogen (secondary N) is 1. The molecule has 0 aliphatic carbocycles. The second-order valence-electron chi connectivity index (χ2n) is 5.45. The van der Waals surface area contributed by atoms with Gasteiger partial charge in [-0.1, -0.05) is 11.6 Å². The molecule has 2 aromatic rings. The van der Waals surface area contributed by atoms with Crippen LogP contribution < -0.4 is 5.56 Å². The number of H-pyrrole nitrogens is 1. The fraction of sp³-hybridized carbons (Fsp3) is 0.375. The molecule has 24 heavy (non-hydrogen) atoms. The van der Waals surface area contributed by atoms with Gasteiger partial charge in [0.05, 0.1) is 13.2 Å². The number of morpholine rings is 1. The molecule has 3 rings (SSSR count). The summed E-state index contributed by atoms with van der Waals surface area (Å²) >= 11 is 5.84. The molecule has 1 aromatic carbocycles. The number of ether oxygens (including phenoxy) is 1. The second-order valence-corrected chi connectivity index (χ2v) is 5.89. The summed E-state index contributed by atoms with van der Waals surface area (Å²) in [5.41, 5.74) is 0.652. The fourth-order valence-corrected chi connectivity index (χ4v) is 2.58. The smallest absolute Gasteiger partial charge is 0.273 e. The van der Waals surface area contributed by atoms with E-state index in [9.17, 15) is 9.59 Å². The lowest BCUT2D eigenvalue weighted by molar-refractivity contribution is -0.135. The maximum atomic E-state index is 12.1. The number of hydrogen-bond donors (Lipinski definition) is 1. The molecular formula is C16H17ClN4O3. The molecule has 1 fully saturated rings. The summed E-state index contributed by atoms with van der Waals surface area (Å²) < 4.78 is 5.21. The first-order chi connectivity index (χ1) is 11.6. The average molecular weight is 349 g/mol. The first-order valence-corrected chi connectivity index (χ1v) is 8.08. The summed E-state index contributed by atoms with van der Waals surface area (Å²) in [6.45, 7) is 2.30. The number of amides is 1. The standard InChI is InChI=1S/C16H17ClN4O3/c17-12-3-1-11(2-4-12)15-18-16(23)13(19-20-15)5-6-14(22)21-7-9-24-10-8-21/h1-4H,5-10H2,(H,18,20,23). The number of halogens is 1. The quantitative estimate of drug-likeness (QED) is 0.899. The molecule has 126 valence electrons. The van der Waals surface area contributed by atoms with E-state index in [2.05, 4.69) is 15.2 Å². The van der Waals surface area contributed by atoms with E-state index in [1.54, 1.807) is 29.2 Å². The molecule has 0 saturated carbocycles. The van der Waals surface area contributed by atoms with E-state index in [4.69, 9.17) is 16.3 Å². The molecule has 2 heterocycles. The van der Waals surface area contributed by atoms with Gasteiger partial charge in [0, 0.05) is 36.5 Å². The van der Waals surface area contributed by atoms with Crippen molar-refractivity contribution in [1.29, 1.82) is 0 Å². The van der Waals surface area contributed by atoms with Gasteiger partial charge in [-0.2, -0.15) is 0 Å². The lowest BCUT2D eigenvalue weighted by atomic mass is 10.2. The Hall–Kier alpha value is -2.25. The van der Waals surface area contributed by atoms with Crippen LogP contribution in [0.15, 0.2) is 29.1 Å². The minimum atomic E-state index is -0.329. The molecule has 0 spiro atoms. The first-order valence-electron chi connectivity index (χ1n) is 7.71. The average Bonchev–Trinajstić information content (AvgIpc) is 2.62. The van der Waals surface area contributed by atoms with Crippen molar-refractivity contribution < 1.29 is 9.53 Å². The normalized spacial score (nSPS) is 14.6. The monoisotopic (exact) mass is 348 g/mol. The van der Waals surface area contributed by atoms with Crippen molar-refractivity contribution in [1.82, 2.24) is 20.1 Å². The Morgan fingerprint density at radius 2 is 1.92 bits per heavy atom. The highest BCUT2D eigenvalue weighted by Gasteiger charge is 2.17. The molecule has 1 aliphatic rings. The van der Waals surface area contributed by atoms with Crippen LogP contribution in [0.4, 0.5) is 0 Å². The number of hydrogen-bond acceptors (Lipinski definition) is 5. The third kappa shape index (κ3) is 3.98. The second kappa shape index (κ2) is 7.55. The van der Waals surface area contributed by atoms with Gasteiger partial charge in [0.1, 0.15) is 5.69 Å². The number of carbonyl (C=O) groups excluding carboxylic acids is 1. The molecule has 0 radical (unpaired) electrons. The lowest BCUT2D eigenvalue weighted by Gasteiger charge is -2.26. The van der Waals surface area contributed by atoms with Crippen molar-refractivity contribution >= 4 is 17.5 Å². The molecule has 8 heteroatoms. The van der Waals surface area contributed by atoms with Gasteiger partial charge in [-0.25, -0.2) is 0 Å². The van der Waals surface area contributed by atoms with E-state index in [-0.39, 0.29) is 30.0 Å². The predicted molar refractivity (Wildman–Crippen MR) is 88.8 cm³/mol. The van der Waals surface area contributed by atoms with Gasteiger partial charge in [-0.05, 0) is 24.3 Å². The minimum absolute atomic E-state index is 0.00118. The lowest BCUT2D eigenvalue weighted by Crippen LogP contribution is -2.41. The van der Waals surface area contributed by atoms with E-state index in [0.717, 1.165) is 5.56 Å². The summed E-state index contributed by atoms with van der Waals surface area (Å²) in [4.78, 5) is 28.7. The maximum Gasteiger partial charge on any atom is 0.273 e. The summed E-state index contributed by atoms with van der Waals surface area (Å²) in [6.07, 6.45) is 0.497. The predicted octanol–water partition coefficient (Wildman–Crippen LogP) is 1.28.